The van der Waals surface area contributed by atoms with Gasteiger partial charge in [0.1, 0.15) is 5.82 Å². The summed E-state index contributed by atoms with van der Waals surface area (Å²) in [4.78, 5) is 14.2. The Balaban J connectivity index is 1.58. The highest BCUT2D eigenvalue weighted by Gasteiger charge is 2.29. The average Bonchev–Trinajstić information content (AvgIpc) is 3.05. The molecule has 0 aromatic heterocycles. The molecule has 3 nitrogen and oxygen atoms in total. The zero-order valence-electron chi connectivity index (χ0n) is 13.0. The molecule has 0 saturated carbocycles. The van der Waals surface area contributed by atoms with E-state index in [2.05, 4.69) is 17.4 Å². The maximum atomic E-state index is 13.4. The molecule has 2 amide bonds. The molecule has 2 aromatic carbocycles. The second-order valence-electron chi connectivity index (χ2n) is 5.87. The van der Waals surface area contributed by atoms with E-state index < -0.39 is 0 Å². The third-order valence-electron chi connectivity index (χ3n) is 4.28. The summed E-state index contributed by atoms with van der Waals surface area (Å²) in [5, 5.41) is 2.98. The van der Waals surface area contributed by atoms with Crippen LogP contribution in [0.2, 0.25) is 0 Å². The summed E-state index contributed by atoms with van der Waals surface area (Å²) >= 11 is 0. The van der Waals surface area contributed by atoms with Crippen molar-refractivity contribution in [2.75, 3.05) is 13.1 Å². The number of rotatable bonds is 4. The summed E-state index contributed by atoms with van der Waals surface area (Å²) in [7, 11) is 0. The van der Waals surface area contributed by atoms with Crippen molar-refractivity contribution in [1.29, 1.82) is 0 Å². The Bertz CT molecular complexity index is 659. The predicted molar refractivity (Wildman–Crippen MR) is 88.6 cm³/mol. The molecule has 0 unspecified atom stereocenters. The first-order valence-electron chi connectivity index (χ1n) is 8.08. The molecule has 1 saturated heterocycles. The van der Waals surface area contributed by atoms with Gasteiger partial charge in [-0.15, -0.1) is 0 Å². The van der Waals surface area contributed by atoms with Gasteiger partial charge in [-0.2, -0.15) is 0 Å². The predicted octanol–water partition coefficient (Wildman–Crippen LogP) is 3.91. The number of hydrogen-bond acceptors (Lipinski definition) is 1. The molecule has 4 heteroatoms. The Morgan fingerprint density at radius 3 is 2.78 bits per heavy atom. The van der Waals surface area contributed by atoms with E-state index in [0.29, 0.717) is 6.54 Å². The third kappa shape index (κ3) is 3.89. The maximum Gasteiger partial charge on any atom is 0.317 e. The lowest BCUT2D eigenvalue weighted by atomic mass is 10.0. The number of nitrogens with one attached hydrogen (secondary N) is 1. The second-order valence-corrected chi connectivity index (χ2v) is 5.87. The van der Waals surface area contributed by atoms with E-state index in [-0.39, 0.29) is 17.9 Å². The first kappa shape index (κ1) is 15.5. The van der Waals surface area contributed by atoms with E-state index in [1.54, 1.807) is 6.07 Å². The summed E-state index contributed by atoms with van der Waals surface area (Å²) in [5.74, 6) is -0.251. The van der Waals surface area contributed by atoms with Crippen LogP contribution in [-0.4, -0.2) is 24.0 Å². The third-order valence-corrected chi connectivity index (χ3v) is 4.28. The highest BCUT2D eigenvalue weighted by atomic mass is 19.1. The Morgan fingerprint density at radius 1 is 1.17 bits per heavy atom. The summed E-state index contributed by atoms with van der Waals surface area (Å²) < 4.78 is 13.4. The smallest absolute Gasteiger partial charge is 0.317 e. The molecule has 1 heterocycles. The van der Waals surface area contributed by atoms with Gasteiger partial charge in [0.15, 0.2) is 0 Å². The van der Waals surface area contributed by atoms with Gasteiger partial charge in [0.25, 0.3) is 0 Å². The van der Waals surface area contributed by atoms with Gasteiger partial charge in [0.05, 0.1) is 6.04 Å². The van der Waals surface area contributed by atoms with Gasteiger partial charge in [0, 0.05) is 13.1 Å². The van der Waals surface area contributed by atoms with Crippen LogP contribution in [0.25, 0.3) is 0 Å². The van der Waals surface area contributed by atoms with E-state index in [4.69, 9.17) is 0 Å². The Morgan fingerprint density at radius 2 is 2.00 bits per heavy atom. The van der Waals surface area contributed by atoms with E-state index >= 15 is 0 Å². The number of hydrogen-bond donors (Lipinski definition) is 1. The Hall–Kier alpha value is -2.36. The zero-order chi connectivity index (χ0) is 16.1. The Kier molecular flexibility index (Phi) is 4.91. The van der Waals surface area contributed by atoms with Crippen LogP contribution in [-0.2, 0) is 6.42 Å². The number of carbonyl (C=O) groups is 1. The molecule has 2 aromatic rings. The van der Waals surface area contributed by atoms with Crippen molar-refractivity contribution in [3.63, 3.8) is 0 Å². The van der Waals surface area contributed by atoms with E-state index in [0.717, 1.165) is 31.4 Å². The summed E-state index contributed by atoms with van der Waals surface area (Å²) in [6, 6.07) is 16.6. The molecule has 0 spiro atoms. The van der Waals surface area contributed by atoms with Crippen LogP contribution in [0.5, 0.6) is 0 Å². The molecule has 23 heavy (non-hydrogen) atoms. The largest absolute Gasteiger partial charge is 0.338 e. The molecule has 120 valence electrons. The molecule has 1 aliphatic heterocycles. The van der Waals surface area contributed by atoms with Crippen LogP contribution < -0.4 is 5.32 Å². The van der Waals surface area contributed by atoms with Crippen molar-refractivity contribution in [3.05, 3.63) is 71.5 Å². The van der Waals surface area contributed by atoms with Crippen LogP contribution in [0.3, 0.4) is 0 Å². The second kappa shape index (κ2) is 7.27. The highest BCUT2D eigenvalue weighted by molar-refractivity contribution is 5.75. The van der Waals surface area contributed by atoms with Gasteiger partial charge in [-0.3, -0.25) is 0 Å². The Labute approximate surface area is 136 Å². The summed E-state index contributed by atoms with van der Waals surface area (Å²) in [6.45, 7) is 1.33. The van der Waals surface area contributed by atoms with Crippen LogP contribution in [0.4, 0.5) is 9.18 Å². The summed E-state index contributed by atoms with van der Waals surface area (Å²) in [6.07, 6.45) is 2.65. The lowest BCUT2D eigenvalue weighted by Gasteiger charge is -2.25. The summed E-state index contributed by atoms with van der Waals surface area (Å²) in [5.41, 5.74) is 2.08. The average molecular weight is 312 g/mol. The molecule has 0 radical (unpaired) electrons. The van der Waals surface area contributed by atoms with Crippen molar-refractivity contribution >= 4 is 6.03 Å². The minimum Gasteiger partial charge on any atom is -0.338 e. The number of benzene rings is 2. The molecule has 1 aliphatic rings. The van der Waals surface area contributed by atoms with Crippen LogP contribution in [0.1, 0.15) is 30.0 Å². The molecule has 1 fully saturated rings. The molecular formula is C19H21FN2O. The molecule has 0 aliphatic carbocycles. The van der Waals surface area contributed by atoms with Crippen molar-refractivity contribution in [1.82, 2.24) is 10.2 Å². The number of likely N-dealkylation sites (tertiary alicyclic amines) is 1. The van der Waals surface area contributed by atoms with E-state index in [1.165, 1.54) is 17.7 Å². The zero-order valence-corrected chi connectivity index (χ0v) is 13.0. The van der Waals surface area contributed by atoms with Gasteiger partial charge in [0.2, 0.25) is 0 Å². The fourth-order valence-corrected chi connectivity index (χ4v) is 3.13. The molecule has 3 rings (SSSR count). The molecule has 1 atom stereocenters. The molecule has 1 N–H and O–H groups in total. The molecular weight excluding hydrogens is 291 g/mol. The number of carbonyl (C=O) groups excluding carboxylic acids is 1. The van der Waals surface area contributed by atoms with E-state index in [9.17, 15) is 9.18 Å². The standard InChI is InChI=1S/C19H21FN2O/c20-17-9-4-8-16(14-17)18-10-5-13-22(18)19(23)21-12-11-15-6-2-1-3-7-15/h1-4,6-9,14,18H,5,10-13H2,(H,21,23)/t18-/m0/s1. The van der Waals surface area contributed by atoms with Gasteiger partial charge in [-0.1, -0.05) is 42.5 Å². The van der Waals surface area contributed by atoms with Crippen molar-refractivity contribution in [2.45, 2.75) is 25.3 Å². The minimum atomic E-state index is -0.251. The van der Waals surface area contributed by atoms with Crippen LogP contribution in [0.15, 0.2) is 54.6 Å². The topological polar surface area (TPSA) is 32.3 Å². The minimum absolute atomic E-state index is 0.0255. The quantitative estimate of drug-likeness (QED) is 0.912. The first-order valence-corrected chi connectivity index (χ1v) is 8.08. The fourth-order valence-electron chi connectivity index (χ4n) is 3.13. The maximum absolute atomic E-state index is 13.4. The van der Waals surface area contributed by atoms with Gasteiger partial charge < -0.3 is 10.2 Å². The van der Waals surface area contributed by atoms with Gasteiger partial charge in [-0.25, -0.2) is 9.18 Å². The van der Waals surface area contributed by atoms with Crippen molar-refractivity contribution < 1.29 is 9.18 Å². The van der Waals surface area contributed by atoms with Crippen LogP contribution >= 0.6 is 0 Å². The van der Waals surface area contributed by atoms with Gasteiger partial charge >= 0.3 is 6.03 Å². The number of amides is 2. The normalized spacial score (nSPS) is 17.3. The van der Waals surface area contributed by atoms with E-state index in [1.807, 2.05) is 29.2 Å². The monoisotopic (exact) mass is 312 g/mol. The van der Waals surface area contributed by atoms with Crippen LogP contribution in [0, 0.1) is 5.82 Å². The van der Waals surface area contributed by atoms with Gasteiger partial charge in [-0.05, 0) is 42.5 Å². The number of urea groups is 1. The lowest BCUT2D eigenvalue weighted by molar-refractivity contribution is 0.193. The van der Waals surface area contributed by atoms with Crippen molar-refractivity contribution in [3.8, 4) is 0 Å². The lowest BCUT2D eigenvalue weighted by Crippen LogP contribution is -2.40. The fraction of sp³-hybridized carbons (Fsp3) is 0.316. The highest BCUT2D eigenvalue weighted by Crippen LogP contribution is 2.31. The number of nitrogens with zero attached hydrogens (tertiary/aromatic N) is 1. The molecule has 0 bridgehead atoms. The first-order chi connectivity index (χ1) is 11.2. The SMILES string of the molecule is O=C(NCCc1ccccc1)N1CCC[C@H]1c1cccc(F)c1. The van der Waals surface area contributed by atoms with Crippen molar-refractivity contribution in [2.24, 2.45) is 0 Å². The number of halogens is 1.